The van der Waals surface area contributed by atoms with Gasteiger partial charge in [-0.1, -0.05) is 12.1 Å². The zero-order chi connectivity index (χ0) is 15.4. The second kappa shape index (κ2) is 6.35. The lowest BCUT2D eigenvalue weighted by atomic mass is 10.1. The van der Waals surface area contributed by atoms with E-state index in [1.165, 1.54) is 31.5 Å². The van der Waals surface area contributed by atoms with E-state index in [1.54, 1.807) is 23.0 Å². The molecule has 5 heteroatoms. The normalized spacial score (nSPS) is 11.3. The van der Waals surface area contributed by atoms with Crippen molar-refractivity contribution in [2.45, 2.75) is 19.9 Å². The monoisotopic (exact) mass is 288 g/mol. The van der Waals surface area contributed by atoms with Crippen molar-refractivity contribution in [3.05, 3.63) is 53.6 Å². The van der Waals surface area contributed by atoms with Crippen molar-refractivity contribution in [3.8, 4) is 5.75 Å². The molecule has 2 aromatic rings. The molecule has 0 atom stereocenters. The molecular weight excluding hydrogens is 271 g/mol. The Bertz CT molecular complexity index is 675. The van der Waals surface area contributed by atoms with E-state index < -0.39 is 5.82 Å². The first-order valence-corrected chi connectivity index (χ1v) is 6.61. The van der Waals surface area contributed by atoms with Crippen LogP contribution in [0.1, 0.15) is 35.8 Å². The third-order valence-corrected chi connectivity index (χ3v) is 3.02. The van der Waals surface area contributed by atoms with E-state index in [-0.39, 0.29) is 17.6 Å². The summed E-state index contributed by atoms with van der Waals surface area (Å²) in [6.07, 6.45) is 6.20. The average Bonchev–Trinajstić information content (AvgIpc) is 2.95. The van der Waals surface area contributed by atoms with Crippen molar-refractivity contribution in [3.63, 3.8) is 0 Å². The van der Waals surface area contributed by atoms with Gasteiger partial charge in [-0.3, -0.25) is 9.48 Å². The molecule has 110 valence electrons. The summed E-state index contributed by atoms with van der Waals surface area (Å²) in [5.74, 6) is -0.450. The van der Waals surface area contributed by atoms with Crippen molar-refractivity contribution in [2.24, 2.45) is 0 Å². The molecule has 0 aliphatic rings. The summed E-state index contributed by atoms with van der Waals surface area (Å²) in [4.78, 5) is 12.0. The molecule has 0 bridgehead atoms. The highest BCUT2D eigenvalue weighted by atomic mass is 19.1. The molecule has 1 heterocycles. The number of carbonyl (C=O) groups excluding carboxylic acids is 1. The molecular formula is C16H17FN2O2. The summed E-state index contributed by atoms with van der Waals surface area (Å²) < 4.78 is 20.1. The quantitative estimate of drug-likeness (QED) is 0.624. The maximum atomic E-state index is 13.5. The van der Waals surface area contributed by atoms with Gasteiger partial charge in [0.1, 0.15) is 0 Å². The molecule has 0 saturated heterocycles. The fourth-order valence-electron chi connectivity index (χ4n) is 1.80. The molecule has 0 aliphatic heterocycles. The lowest BCUT2D eigenvalue weighted by Crippen LogP contribution is -2.00. The summed E-state index contributed by atoms with van der Waals surface area (Å²) in [6.45, 7) is 3.97. The lowest BCUT2D eigenvalue weighted by molar-refractivity contribution is 0.104. The third-order valence-electron chi connectivity index (χ3n) is 3.02. The molecule has 0 saturated carbocycles. The molecule has 0 unspecified atom stereocenters. The largest absolute Gasteiger partial charge is 0.494 e. The van der Waals surface area contributed by atoms with E-state index in [0.717, 1.165) is 0 Å². The minimum absolute atomic E-state index is 0.168. The van der Waals surface area contributed by atoms with Gasteiger partial charge < -0.3 is 4.74 Å². The van der Waals surface area contributed by atoms with E-state index in [1.807, 2.05) is 13.8 Å². The minimum atomic E-state index is -0.459. The average molecular weight is 288 g/mol. The molecule has 0 N–H and O–H groups in total. The first-order chi connectivity index (χ1) is 10.0. The molecule has 1 aromatic carbocycles. The van der Waals surface area contributed by atoms with E-state index in [4.69, 9.17) is 4.74 Å². The molecule has 0 spiro atoms. The highest BCUT2D eigenvalue weighted by molar-refractivity contribution is 6.06. The van der Waals surface area contributed by atoms with Gasteiger partial charge in [0.15, 0.2) is 17.3 Å². The maximum Gasteiger partial charge on any atom is 0.189 e. The Morgan fingerprint density at radius 3 is 2.76 bits per heavy atom. The van der Waals surface area contributed by atoms with Crippen molar-refractivity contribution < 1.29 is 13.9 Å². The molecule has 0 radical (unpaired) electrons. The smallest absolute Gasteiger partial charge is 0.189 e. The standard InChI is InChI=1S/C16H17FN2O2/c1-11(2)19-10-13(9-18-19)15(20)6-4-12-5-7-16(21-3)14(17)8-12/h4-11H,1-3H3/b6-4+. The summed E-state index contributed by atoms with van der Waals surface area (Å²) in [7, 11) is 1.41. The fraction of sp³-hybridized carbons (Fsp3) is 0.250. The predicted octanol–water partition coefficient (Wildman–Crippen LogP) is 3.51. The number of ketones is 1. The summed E-state index contributed by atoms with van der Waals surface area (Å²) in [6, 6.07) is 4.73. The summed E-state index contributed by atoms with van der Waals surface area (Å²) in [5.41, 5.74) is 1.10. The number of ether oxygens (including phenoxy) is 1. The Morgan fingerprint density at radius 1 is 1.43 bits per heavy atom. The highest BCUT2D eigenvalue weighted by Gasteiger charge is 2.07. The second-order valence-corrected chi connectivity index (χ2v) is 4.89. The molecule has 0 aliphatic carbocycles. The Labute approximate surface area is 122 Å². The molecule has 1 aromatic heterocycles. The van der Waals surface area contributed by atoms with Crippen molar-refractivity contribution in [1.29, 1.82) is 0 Å². The number of methoxy groups -OCH3 is 1. The number of halogens is 1. The Morgan fingerprint density at radius 2 is 2.19 bits per heavy atom. The predicted molar refractivity (Wildman–Crippen MR) is 78.9 cm³/mol. The van der Waals surface area contributed by atoms with Gasteiger partial charge in [0.05, 0.1) is 18.9 Å². The minimum Gasteiger partial charge on any atom is -0.494 e. The SMILES string of the molecule is COc1ccc(/C=C/C(=O)c2cnn(C(C)C)c2)cc1F. The number of rotatable bonds is 5. The molecule has 0 fully saturated rings. The highest BCUT2D eigenvalue weighted by Crippen LogP contribution is 2.18. The lowest BCUT2D eigenvalue weighted by Gasteiger charge is -2.02. The number of benzene rings is 1. The van der Waals surface area contributed by atoms with Gasteiger partial charge in [0.2, 0.25) is 0 Å². The van der Waals surface area contributed by atoms with Gasteiger partial charge >= 0.3 is 0 Å². The number of hydrogen-bond acceptors (Lipinski definition) is 3. The fourth-order valence-corrected chi connectivity index (χ4v) is 1.80. The van der Waals surface area contributed by atoms with Crippen molar-refractivity contribution in [1.82, 2.24) is 9.78 Å². The number of allylic oxidation sites excluding steroid dienone is 1. The zero-order valence-electron chi connectivity index (χ0n) is 12.2. The summed E-state index contributed by atoms with van der Waals surface area (Å²) >= 11 is 0. The van der Waals surface area contributed by atoms with Gasteiger partial charge in [0.25, 0.3) is 0 Å². The van der Waals surface area contributed by atoms with Crippen molar-refractivity contribution >= 4 is 11.9 Å². The van der Waals surface area contributed by atoms with Gasteiger partial charge in [-0.25, -0.2) is 4.39 Å². The van der Waals surface area contributed by atoms with Crippen LogP contribution in [0.4, 0.5) is 4.39 Å². The van der Waals surface area contributed by atoms with Crippen LogP contribution in [-0.2, 0) is 0 Å². The van der Waals surface area contributed by atoms with Crippen LogP contribution in [0.2, 0.25) is 0 Å². The van der Waals surface area contributed by atoms with Crippen LogP contribution < -0.4 is 4.74 Å². The first-order valence-electron chi connectivity index (χ1n) is 6.61. The topological polar surface area (TPSA) is 44.1 Å². The van der Waals surface area contributed by atoms with Gasteiger partial charge in [-0.15, -0.1) is 0 Å². The summed E-state index contributed by atoms with van der Waals surface area (Å²) in [5, 5.41) is 4.11. The Hall–Kier alpha value is -2.43. The number of nitrogens with zero attached hydrogens (tertiary/aromatic N) is 2. The Balaban J connectivity index is 2.12. The molecule has 2 rings (SSSR count). The van der Waals surface area contributed by atoms with E-state index in [0.29, 0.717) is 11.1 Å². The molecule has 21 heavy (non-hydrogen) atoms. The number of carbonyl (C=O) groups is 1. The van der Waals surface area contributed by atoms with E-state index in [2.05, 4.69) is 5.10 Å². The van der Waals surface area contributed by atoms with Gasteiger partial charge in [-0.05, 0) is 37.6 Å². The van der Waals surface area contributed by atoms with E-state index in [9.17, 15) is 9.18 Å². The van der Waals surface area contributed by atoms with Crippen LogP contribution in [-0.4, -0.2) is 22.7 Å². The Kier molecular flexibility index (Phi) is 4.52. The van der Waals surface area contributed by atoms with Gasteiger partial charge in [-0.2, -0.15) is 5.10 Å². The third kappa shape index (κ3) is 3.56. The number of hydrogen-bond donors (Lipinski definition) is 0. The van der Waals surface area contributed by atoms with E-state index >= 15 is 0 Å². The maximum absolute atomic E-state index is 13.5. The number of aromatic nitrogens is 2. The van der Waals surface area contributed by atoms with Crippen molar-refractivity contribution in [2.75, 3.05) is 7.11 Å². The van der Waals surface area contributed by atoms with Crippen LogP contribution in [0.5, 0.6) is 5.75 Å². The van der Waals surface area contributed by atoms with Crippen LogP contribution in [0.3, 0.4) is 0 Å². The first kappa shape index (κ1) is 15.0. The van der Waals surface area contributed by atoms with Crippen LogP contribution in [0.25, 0.3) is 6.08 Å². The van der Waals surface area contributed by atoms with Crippen LogP contribution in [0, 0.1) is 5.82 Å². The second-order valence-electron chi connectivity index (χ2n) is 4.89. The zero-order valence-corrected chi connectivity index (χ0v) is 12.2. The van der Waals surface area contributed by atoms with Crippen LogP contribution in [0.15, 0.2) is 36.7 Å². The van der Waals surface area contributed by atoms with Gasteiger partial charge in [0, 0.05) is 12.2 Å². The molecule has 0 amide bonds. The molecule has 4 nitrogen and oxygen atoms in total. The van der Waals surface area contributed by atoms with Crippen LogP contribution >= 0.6 is 0 Å².